The average molecular weight is 543 g/mol. The van der Waals surface area contributed by atoms with Crippen LogP contribution < -0.4 is 16.0 Å². The number of aromatic carboxylic acids is 2. The molecule has 3 amide bonds. The van der Waals surface area contributed by atoms with Crippen LogP contribution >= 0.6 is 0 Å². The molecule has 1 aromatic carbocycles. The highest BCUT2D eigenvalue weighted by molar-refractivity contribution is 6.07. The normalized spacial score (nSPS) is 21.5. The Balaban J connectivity index is 2.21. The summed E-state index contributed by atoms with van der Waals surface area (Å²) < 4.78 is -0.809. The van der Waals surface area contributed by atoms with Gasteiger partial charge in [0.2, 0.25) is 0 Å². The van der Waals surface area contributed by atoms with E-state index < -0.39 is 45.2 Å². The number of nitrogens with two attached hydrogens (primary N) is 2. The van der Waals surface area contributed by atoms with Gasteiger partial charge >= 0.3 is 17.8 Å². The Kier molecular flexibility index (Phi) is 8.16. The molecule has 0 heterocycles. The predicted molar refractivity (Wildman–Crippen MR) is 144 cm³/mol. The van der Waals surface area contributed by atoms with Crippen LogP contribution in [0, 0.1) is 5.92 Å². The molecule has 3 aliphatic rings. The summed E-state index contributed by atoms with van der Waals surface area (Å²) >= 11 is 0. The van der Waals surface area contributed by atoms with Crippen LogP contribution in [-0.2, 0) is 14.4 Å². The minimum atomic E-state index is -1.58. The standard InChI is InChI=1S/C29H39N3O7/c30-26(38)28(12-6-2-7-13-28)32(23(33)19-10-4-1-5-11-19,29(27(31)39)14-8-3-9-15-29)22-17-20(24(34)35)16-21(18-22)25(36)37/h16-19H,1-15H2,(H5-,30,31,34,35,36,37,38,39)/p+1. The molecule has 0 atom stereocenters. The topological polar surface area (TPSA) is 178 Å². The van der Waals surface area contributed by atoms with Gasteiger partial charge in [0.15, 0.2) is 11.1 Å². The number of hydrogen-bond acceptors (Lipinski definition) is 5. The van der Waals surface area contributed by atoms with E-state index in [9.17, 15) is 29.4 Å². The van der Waals surface area contributed by atoms with Crippen molar-refractivity contribution in [2.45, 2.75) is 107 Å². The summed E-state index contributed by atoms with van der Waals surface area (Å²) in [4.78, 5) is 67.3. The van der Waals surface area contributed by atoms with Gasteiger partial charge < -0.3 is 21.7 Å². The quantitative estimate of drug-likeness (QED) is 0.360. The number of benzene rings is 1. The summed E-state index contributed by atoms with van der Waals surface area (Å²) in [6, 6.07) is 3.58. The van der Waals surface area contributed by atoms with Crippen LogP contribution in [0.5, 0.6) is 0 Å². The van der Waals surface area contributed by atoms with Gasteiger partial charge in [-0.15, -0.1) is 0 Å². The Labute approximate surface area is 228 Å². The number of hydrogen-bond donors (Lipinski definition) is 4. The second kappa shape index (κ2) is 11.1. The number of amides is 3. The molecule has 0 aliphatic heterocycles. The smallest absolute Gasteiger partial charge is 0.335 e. The molecular formula is C29H40N3O7+. The first-order valence-corrected chi connectivity index (χ1v) is 14.2. The summed E-state index contributed by atoms with van der Waals surface area (Å²) in [6.07, 6.45) is 8.52. The first-order valence-electron chi connectivity index (χ1n) is 14.2. The zero-order valence-corrected chi connectivity index (χ0v) is 22.5. The lowest BCUT2D eigenvalue weighted by Gasteiger charge is -2.60. The number of primary amides is 2. The third-order valence-corrected chi connectivity index (χ3v) is 9.65. The maximum absolute atomic E-state index is 15.3. The molecule has 0 saturated heterocycles. The molecule has 10 heteroatoms. The van der Waals surface area contributed by atoms with Crippen LogP contribution in [0.25, 0.3) is 0 Å². The highest BCUT2D eigenvalue weighted by atomic mass is 16.4. The van der Waals surface area contributed by atoms with E-state index in [-0.39, 0.29) is 48.4 Å². The van der Waals surface area contributed by atoms with Crippen molar-refractivity contribution in [3.63, 3.8) is 0 Å². The van der Waals surface area contributed by atoms with Crippen LogP contribution in [0.2, 0.25) is 0 Å². The minimum Gasteiger partial charge on any atom is -0.478 e. The molecule has 0 radical (unpaired) electrons. The van der Waals surface area contributed by atoms with Gasteiger partial charge in [0.05, 0.1) is 17.0 Å². The van der Waals surface area contributed by atoms with E-state index in [1.54, 1.807) is 0 Å². The number of rotatable bonds is 8. The van der Waals surface area contributed by atoms with Crippen molar-refractivity contribution in [3.05, 3.63) is 29.3 Å². The van der Waals surface area contributed by atoms with Crippen molar-refractivity contribution in [1.29, 1.82) is 0 Å². The van der Waals surface area contributed by atoms with E-state index in [1.807, 2.05) is 0 Å². The van der Waals surface area contributed by atoms with Crippen molar-refractivity contribution in [1.82, 2.24) is 4.48 Å². The Bertz CT molecular complexity index is 1090. The first-order chi connectivity index (χ1) is 18.5. The average Bonchev–Trinajstić information content (AvgIpc) is 2.94. The molecule has 39 heavy (non-hydrogen) atoms. The number of nitrogens with zero attached hydrogens (tertiary/aromatic N) is 1. The molecule has 0 aromatic heterocycles. The monoisotopic (exact) mass is 542 g/mol. The molecule has 0 unspecified atom stereocenters. The molecule has 1 aromatic rings. The fraction of sp³-hybridized carbons (Fsp3) is 0.621. The zero-order chi connectivity index (χ0) is 28.4. The van der Waals surface area contributed by atoms with Crippen molar-refractivity contribution in [2.24, 2.45) is 17.4 Å². The SMILES string of the molecule is NC(=O)C1([N+](C(=O)C2CCCCC2)(c2cc(C(=O)O)cc(C(=O)O)c2)C2(C(N)=O)CCCCC2)CCCCC1. The lowest BCUT2D eigenvalue weighted by molar-refractivity contribution is -0.168. The van der Waals surface area contributed by atoms with Crippen molar-refractivity contribution in [3.8, 4) is 0 Å². The maximum atomic E-state index is 15.3. The van der Waals surface area contributed by atoms with E-state index in [0.717, 1.165) is 38.2 Å². The van der Waals surface area contributed by atoms with Crippen LogP contribution in [0.1, 0.15) is 117 Å². The van der Waals surface area contributed by atoms with Gasteiger partial charge in [0.1, 0.15) is 5.69 Å². The van der Waals surface area contributed by atoms with E-state index >= 15 is 4.79 Å². The van der Waals surface area contributed by atoms with Gasteiger partial charge in [-0.3, -0.25) is 9.59 Å². The van der Waals surface area contributed by atoms with Crippen LogP contribution in [0.15, 0.2) is 18.2 Å². The Morgan fingerprint density at radius 3 is 1.38 bits per heavy atom. The summed E-state index contributed by atoms with van der Waals surface area (Å²) in [7, 11) is 0. The first kappa shape index (κ1) is 28.7. The fourth-order valence-corrected chi connectivity index (χ4v) is 7.90. The van der Waals surface area contributed by atoms with Gasteiger partial charge in [-0.25, -0.2) is 18.9 Å². The van der Waals surface area contributed by atoms with Gasteiger partial charge in [-0.05, 0) is 44.6 Å². The lowest BCUT2D eigenvalue weighted by Crippen LogP contribution is -2.86. The maximum Gasteiger partial charge on any atom is 0.335 e. The van der Waals surface area contributed by atoms with E-state index in [2.05, 4.69) is 0 Å². The molecule has 212 valence electrons. The van der Waals surface area contributed by atoms with Crippen molar-refractivity contribution < 1.29 is 34.2 Å². The Morgan fingerprint density at radius 2 is 1.03 bits per heavy atom. The molecule has 3 fully saturated rings. The molecular weight excluding hydrogens is 502 g/mol. The Hall–Kier alpha value is -3.27. The molecule has 0 bridgehead atoms. The van der Waals surface area contributed by atoms with Crippen molar-refractivity contribution in [2.75, 3.05) is 0 Å². The van der Waals surface area contributed by atoms with E-state index in [1.165, 1.54) is 12.1 Å². The van der Waals surface area contributed by atoms with E-state index in [4.69, 9.17) is 11.5 Å². The van der Waals surface area contributed by atoms with E-state index in [0.29, 0.717) is 38.5 Å². The summed E-state index contributed by atoms with van der Waals surface area (Å²) in [5, 5.41) is 19.9. The number of carbonyl (C=O) groups is 5. The number of carboxylic acid groups (broad SMARTS) is 2. The van der Waals surface area contributed by atoms with Crippen molar-refractivity contribution >= 4 is 35.3 Å². The van der Waals surface area contributed by atoms with Crippen LogP contribution in [0.4, 0.5) is 5.69 Å². The third-order valence-electron chi connectivity index (χ3n) is 9.65. The molecule has 6 N–H and O–H groups in total. The van der Waals surface area contributed by atoms with Gasteiger partial charge in [0, 0.05) is 37.8 Å². The van der Waals surface area contributed by atoms with Gasteiger partial charge in [-0.2, -0.15) is 0 Å². The number of carbonyl (C=O) groups excluding carboxylic acids is 3. The molecule has 3 aliphatic carbocycles. The highest BCUT2D eigenvalue weighted by Crippen LogP contribution is 2.55. The minimum absolute atomic E-state index is 0.0178. The predicted octanol–water partition coefficient (Wildman–Crippen LogP) is 3.87. The third kappa shape index (κ3) is 4.52. The van der Waals surface area contributed by atoms with Gasteiger partial charge in [0.25, 0.3) is 11.8 Å². The highest BCUT2D eigenvalue weighted by Gasteiger charge is 2.73. The molecule has 0 spiro atoms. The number of quaternary nitrogens is 1. The molecule has 3 saturated carbocycles. The lowest BCUT2D eigenvalue weighted by atomic mass is 9.67. The summed E-state index contributed by atoms with van der Waals surface area (Å²) in [5.41, 5.74) is 8.71. The second-order valence-electron chi connectivity index (χ2n) is 11.6. The number of carboxylic acids is 2. The zero-order valence-electron chi connectivity index (χ0n) is 22.5. The summed E-state index contributed by atoms with van der Waals surface area (Å²) in [5.74, 6) is -5.11. The van der Waals surface area contributed by atoms with Gasteiger partial charge in [-0.1, -0.05) is 32.1 Å². The molecule has 4 rings (SSSR count). The van der Waals surface area contributed by atoms with Crippen LogP contribution in [-0.4, -0.2) is 51.0 Å². The Morgan fingerprint density at radius 1 is 0.641 bits per heavy atom. The fourth-order valence-electron chi connectivity index (χ4n) is 7.90. The second-order valence-corrected chi connectivity index (χ2v) is 11.6. The molecule has 10 nitrogen and oxygen atoms in total. The summed E-state index contributed by atoms with van der Waals surface area (Å²) in [6.45, 7) is 0. The largest absolute Gasteiger partial charge is 0.478 e. The van der Waals surface area contributed by atoms with Crippen LogP contribution in [0.3, 0.4) is 0 Å².